The molecule has 0 saturated heterocycles. The number of aliphatic carboxylic acids is 1. The molecule has 2 rings (SSSR count). The van der Waals surface area contributed by atoms with Crippen molar-refractivity contribution in [1.82, 2.24) is 0 Å². The minimum atomic E-state index is -1.61. The molecule has 1 N–H and O–H groups in total. The molecule has 0 aliphatic carbocycles. The van der Waals surface area contributed by atoms with E-state index in [1.165, 1.54) is 4.90 Å². The standard InChI is InChI=1S/C13H13NO4/c1-2-7-14-9-6-4-3-5-8(9)11(15)10(12(14)16)13(17)18/h3-6,10H,2,7H2,1H3,(H,17,18)/t10-/m1/s1. The van der Waals surface area contributed by atoms with Crippen molar-refractivity contribution < 1.29 is 19.5 Å². The Morgan fingerprint density at radius 1 is 1.33 bits per heavy atom. The van der Waals surface area contributed by atoms with E-state index in [1.54, 1.807) is 24.3 Å². The first kappa shape index (κ1) is 12.3. The van der Waals surface area contributed by atoms with Gasteiger partial charge < -0.3 is 10.0 Å². The summed E-state index contributed by atoms with van der Waals surface area (Å²) in [6.07, 6.45) is 0.695. The third-order valence-corrected chi connectivity index (χ3v) is 2.93. The Balaban J connectivity index is 2.56. The van der Waals surface area contributed by atoms with E-state index in [0.29, 0.717) is 24.2 Å². The van der Waals surface area contributed by atoms with Crippen molar-refractivity contribution in [2.45, 2.75) is 13.3 Å². The lowest BCUT2D eigenvalue weighted by atomic mass is 9.90. The Morgan fingerprint density at radius 2 is 2.00 bits per heavy atom. The van der Waals surface area contributed by atoms with Gasteiger partial charge in [0.2, 0.25) is 5.91 Å². The van der Waals surface area contributed by atoms with Gasteiger partial charge in [0.1, 0.15) is 0 Å². The van der Waals surface area contributed by atoms with Crippen LogP contribution in [0, 0.1) is 5.92 Å². The van der Waals surface area contributed by atoms with Crippen LogP contribution in [0.4, 0.5) is 5.69 Å². The second-order valence-corrected chi connectivity index (χ2v) is 4.14. The Hall–Kier alpha value is -2.17. The molecular weight excluding hydrogens is 234 g/mol. The van der Waals surface area contributed by atoms with Crippen molar-refractivity contribution in [2.24, 2.45) is 5.92 Å². The molecule has 0 fully saturated rings. The third kappa shape index (κ3) is 1.77. The van der Waals surface area contributed by atoms with Crippen LogP contribution < -0.4 is 4.90 Å². The van der Waals surface area contributed by atoms with Crippen LogP contribution in [-0.2, 0) is 9.59 Å². The average Bonchev–Trinajstić information content (AvgIpc) is 2.34. The number of amides is 1. The maximum absolute atomic E-state index is 12.1. The van der Waals surface area contributed by atoms with Gasteiger partial charge in [-0.3, -0.25) is 14.4 Å². The molecule has 0 bridgehead atoms. The number of ketones is 1. The monoisotopic (exact) mass is 247 g/mol. The Morgan fingerprint density at radius 3 is 2.61 bits per heavy atom. The fourth-order valence-electron chi connectivity index (χ4n) is 2.13. The maximum Gasteiger partial charge on any atom is 0.324 e. The minimum absolute atomic E-state index is 0.304. The lowest BCUT2D eigenvalue weighted by Crippen LogP contribution is -2.48. The summed E-state index contributed by atoms with van der Waals surface area (Å²) in [5.74, 6) is -4.27. The molecule has 0 aromatic heterocycles. The second-order valence-electron chi connectivity index (χ2n) is 4.14. The Labute approximate surface area is 104 Å². The number of hydrogen-bond donors (Lipinski definition) is 1. The van der Waals surface area contributed by atoms with Gasteiger partial charge in [-0.05, 0) is 18.6 Å². The van der Waals surface area contributed by atoms with Crippen LogP contribution in [0.15, 0.2) is 24.3 Å². The summed E-state index contributed by atoms with van der Waals surface area (Å²) in [4.78, 5) is 36.5. The normalized spacial score (nSPS) is 18.7. The van der Waals surface area contributed by atoms with E-state index in [1.807, 2.05) is 6.92 Å². The smallest absolute Gasteiger partial charge is 0.324 e. The first-order valence-corrected chi connectivity index (χ1v) is 5.75. The lowest BCUT2D eigenvalue weighted by Gasteiger charge is -2.31. The zero-order chi connectivity index (χ0) is 13.3. The number of carboxylic acids is 1. The molecule has 1 aromatic rings. The van der Waals surface area contributed by atoms with Gasteiger partial charge in [-0.15, -0.1) is 0 Å². The van der Waals surface area contributed by atoms with E-state index in [0.717, 1.165) is 0 Å². The molecular formula is C13H13NO4. The van der Waals surface area contributed by atoms with Gasteiger partial charge in [0.25, 0.3) is 0 Å². The fourth-order valence-corrected chi connectivity index (χ4v) is 2.13. The number of carbonyl (C=O) groups is 3. The number of anilines is 1. The van der Waals surface area contributed by atoms with Crippen LogP contribution in [0.3, 0.4) is 0 Å². The Kier molecular flexibility index (Phi) is 3.14. The van der Waals surface area contributed by atoms with E-state index in [4.69, 9.17) is 5.11 Å². The highest BCUT2D eigenvalue weighted by atomic mass is 16.4. The highest BCUT2D eigenvalue weighted by molar-refractivity contribution is 6.30. The first-order chi connectivity index (χ1) is 8.57. The van der Waals surface area contributed by atoms with Crippen LogP contribution in [0.5, 0.6) is 0 Å². The summed E-state index contributed by atoms with van der Waals surface area (Å²) in [5.41, 5.74) is 0.810. The summed E-state index contributed by atoms with van der Waals surface area (Å²) < 4.78 is 0. The SMILES string of the molecule is CCCN1C(=O)[C@H](C(=O)O)C(=O)c2ccccc21. The summed E-state index contributed by atoms with van der Waals surface area (Å²) >= 11 is 0. The van der Waals surface area contributed by atoms with Gasteiger partial charge in [-0.25, -0.2) is 0 Å². The molecule has 1 aliphatic heterocycles. The van der Waals surface area contributed by atoms with Gasteiger partial charge in [0, 0.05) is 12.1 Å². The number of carbonyl (C=O) groups excluding carboxylic acids is 2. The van der Waals surface area contributed by atoms with Crippen molar-refractivity contribution in [1.29, 1.82) is 0 Å². The second kappa shape index (κ2) is 4.60. The molecule has 5 nitrogen and oxygen atoms in total. The molecule has 18 heavy (non-hydrogen) atoms. The number of carboxylic acid groups (broad SMARTS) is 1. The average molecular weight is 247 g/mol. The van der Waals surface area contributed by atoms with E-state index in [2.05, 4.69) is 0 Å². The van der Waals surface area contributed by atoms with Crippen molar-refractivity contribution in [3.8, 4) is 0 Å². The largest absolute Gasteiger partial charge is 0.480 e. The molecule has 0 spiro atoms. The number of fused-ring (bicyclic) bond motifs is 1. The predicted molar refractivity (Wildman–Crippen MR) is 64.5 cm³/mol. The molecule has 1 aromatic carbocycles. The summed E-state index contributed by atoms with van der Waals surface area (Å²) in [5, 5.41) is 9.02. The van der Waals surface area contributed by atoms with Crippen molar-refractivity contribution >= 4 is 23.3 Å². The van der Waals surface area contributed by atoms with Crippen molar-refractivity contribution in [2.75, 3.05) is 11.4 Å². The first-order valence-electron chi connectivity index (χ1n) is 5.75. The highest BCUT2D eigenvalue weighted by Gasteiger charge is 2.43. The molecule has 1 amide bonds. The van der Waals surface area contributed by atoms with Crippen molar-refractivity contribution in [3.05, 3.63) is 29.8 Å². The van der Waals surface area contributed by atoms with Gasteiger partial charge in [-0.2, -0.15) is 0 Å². The number of rotatable bonds is 3. The van der Waals surface area contributed by atoms with Crippen LogP contribution in [0.2, 0.25) is 0 Å². The lowest BCUT2D eigenvalue weighted by molar-refractivity contribution is -0.144. The number of benzene rings is 1. The molecule has 94 valence electrons. The molecule has 1 aliphatic rings. The van der Waals surface area contributed by atoms with Crippen molar-refractivity contribution in [3.63, 3.8) is 0 Å². The quantitative estimate of drug-likeness (QED) is 0.817. The Bertz CT molecular complexity index is 523. The summed E-state index contributed by atoms with van der Waals surface area (Å²) in [6, 6.07) is 6.61. The van der Waals surface area contributed by atoms with Gasteiger partial charge in [-0.1, -0.05) is 19.1 Å². The minimum Gasteiger partial charge on any atom is -0.480 e. The fraction of sp³-hybridized carbons (Fsp3) is 0.308. The van der Waals surface area contributed by atoms with Crippen LogP contribution in [0.1, 0.15) is 23.7 Å². The highest BCUT2D eigenvalue weighted by Crippen LogP contribution is 2.30. The molecule has 1 heterocycles. The maximum atomic E-state index is 12.1. The number of para-hydroxylation sites is 1. The molecule has 1 atom stereocenters. The third-order valence-electron chi connectivity index (χ3n) is 2.93. The van der Waals surface area contributed by atoms with Crippen LogP contribution in [-0.4, -0.2) is 29.3 Å². The summed E-state index contributed by atoms with van der Waals surface area (Å²) in [6.45, 7) is 2.30. The van der Waals surface area contributed by atoms with Crippen LogP contribution in [0.25, 0.3) is 0 Å². The number of hydrogen-bond acceptors (Lipinski definition) is 3. The van der Waals surface area contributed by atoms with Gasteiger partial charge >= 0.3 is 5.97 Å². The molecule has 0 radical (unpaired) electrons. The zero-order valence-corrected chi connectivity index (χ0v) is 9.92. The number of Topliss-reactive ketones (excluding diaryl/α,β-unsaturated/α-hetero) is 1. The molecule has 0 unspecified atom stereocenters. The van der Waals surface area contributed by atoms with E-state index in [9.17, 15) is 14.4 Å². The summed E-state index contributed by atoms with van der Waals surface area (Å²) in [7, 11) is 0. The zero-order valence-electron chi connectivity index (χ0n) is 9.92. The van der Waals surface area contributed by atoms with Crippen LogP contribution >= 0.6 is 0 Å². The molecule has 5 heteroatoms. The predicted octanol–water partition coefficient (Wildman–Crippen LogP) is 1.33. The van der Waals surface area contributed by atoms with Gasteiger partial charge in [0.15, 0.2) is 11.7 Å². The van der Waals surface area contributed by atoms with E-state index < -0.39 is 23.6 Å². The van der Waals surface area contributed by atoms with Gasteiger partial charge in [0.05, 0.1) is 5.69 Å². The molecule has 0 saturated carbocycles. The van der Waals surface area contributed by atoms with E-state index in [-0.39, 0.29) is 0 Å². The topological polar surface area (TPSA) is 74.7 Å². The van der Waals surface area contributed by atoms with E-state index >= 15 is 0 Å². The number of nitrogens with zero attached hydrogens (tertiary/aromatic N) is 1.